The number of nitrogens with zero attached hydrogens (tertiary/aromatic N) is 4. The van der Waals surface area contributed by atoms with Gasteiger partial charge in [-0.2, -0.15) is 0 Å². The number of carbonyl (C=O) groups is 1. The summed E-state index contributed by atoms with van der Waals surface area (Å²) in [4.78, 5) is 25.8. The minimum Gasteiger partial charge on any atom is -0.378 e. The van der Waals surface area contributed by atoms with Gasteiger partial charge in [0.2, 0.25) is 0 Å². The second-order valence-corrected chi connectivity index (χ2v) is 7.59. The number of carbonyl (C=O) groups excluding carboxylic acids is 1. The van der Waals surface area contributed by atoms with Gasteiger partial charge in [-0.3, -0.25) is 14.7 Å². The van der Waals surface area contributed by atoms with Crippen molar-refractivity contribution in [1.82, 2.24) is 19.8 Å². The monoisotopic (exact) mass is 380 g/mol. The van der Waals surface area contributed by atoms with Gasteiger partial charge in [-0.05, 0) is 38.4 Å². The minimum absolute atomic E-state index is 0.0759. The van der Waals surface area contributed by atoms with E-state index in [1.54, 1.807) is 17.3 Å². The van der Waals surface area contributed by atoms with E-state index in [2.05, 4.69) is 46.1 Å². The van der Waals surface area contributed by atoms with Crippen LogP contribution < -0.4 is 0 Å². The second kappa shape index (κ2) is 8.80. The first-order valence-electron chi connectivity index (χ1n) is 10.3. The molecule has 0 aliphatic carbocycles. The van der Waals surface area contributed by atoms with Gasteiger partial charge in [0, 0.05) is 24.7 Å². The molecule has 1 aromatic heterocycles. The van der Waals surface area contributed by atoms with Crippen molar-refractivity contribution in [2.45, 2.75) is 32.2 Å². The zero-order valence-corrected chi connectivity index (χ0v) is 16.5. The van der Waals surface area contributed by atoms with Crippen LogP contribution in [0.25, 0.3) is 11.3 Å². The predicted molar refractivity (Wildman–Crippen MR) is 108 cm³/mol. The van der Waals surface area contributed by atoms with E-state index < -0.39 is 0 Å². The van der Waals surface area contributed by atoms with Gasteiger partial charge in [0.15, 0.2) is 0 Å². The molecule has 0 spiro atoms. The molecule has 0 bridgehead atoms. The van der Waals surface area contributed by atoms with Crippen molar-refractivity contribution in [3.63, 3.8) is 0 Å². The Balaban J connectivity index is 1.49. The van der Waals surface area contributed by atoms with Crippen LogP contribution in [-0.2, 0) is 4.74 Å². The molecule has 3 heterocycles. The second-order valence-electron chi connectivity index (χ2n) is 7.59. The van der Waals surface area contributed by atoms with E-state index in [0.29, 0.717) is 38.0 Å². The average Bonchev–Trinajstić information content (AvgIpc) is 2.79. The molecule has 2 saturated heterocycles. The molecular formula is C22H28N4O2. The normalized spacial score (nSPS) is 19.4. The fourth-order valence-electron chi connectivity index (χ4n) is 3.99. The van der Waals surface area contributed by atoms with Gasteiger partial charge in [-0.15, -0.1) is 0 Å². The number of aromatic nitrogens is 2. The lowest BCUT2D eigenvalue weighted by atomic mass is 10.0. The fourth-order valence-corrected chi connectivity index (χ4v) is 3.99. The molecule has 0 saturated carbocycles. The minimum atomic E-state index is -0.0759. The third-order valence-electron chi connectivity index (χ3n) is 5.78. The van der Waals surface area contributed by atoms with E-state index >= 15 is 0 Å². The molecule has 148 valence electrons. The molecule has 1 aromatic carbocycles. The highest BCUT2D eigenvalue weighted by atomic mass is 16.5. The van der Waals surface area contributed by atoms with E-state index in [1.165, 1.54) is 37.9 Å². The van der Waals surface area contributed by atoms with E-state index in [9.17, 15) is 4.79 Å². The first-order chi connectivity index (χ1) is 13.7. The summed E-state index contributed by atoms with van der Waals surface area (Å²) in [6, 6.07) is 8.94. The van der Waals surface area contributed by atoms with Gasteiger partial charge in [-0.1, -0.05) is 30.7 Å². The molecule has 0 N–H and O–H groups in total. The van der Waals surface area contributed by atoms with E-state index in [4.69, 9.17) is 4.74 Å². The number of amides is 1. The van der Waals surface area contributed by atoms with Crippen LogP contribution in [0.1, 0.15) is 48.3 Å². The summed E-state index contributed by atoms with van der Waals surface area (Å²) in [7, 11) is 0. The Bertz CT molecular complexity index is 796. The van der Waals surface area contributed by atoms with Gasteiger partial charge >= 0.3 is 0 Å². The topological polar surface area (TPSA) is 58.6 Å². The number of piperidine rings is 1. The van der Waals surface area contributed by atoms with Gasteiger partial charge < -0.3 is 9.64 Å². The van der Waals surface area contributed by atoms with Crippen LogP contribution in [-0.4, -0.2) is 65.1 Å². The number of likely N-dealkylation sites (tertiary alicyclic amines) is 1. The summed E-state index contributed by atoms with van der Waals surface area (Å²) >= 11 is 0. The van der Waals surface area contributed by atoms with Gasteiger partial charge in [0.25, 0.3) is 5.91 Å². The molecule has 2 aliphatic heterocycles. The lowest BCUT2D eigenvalue weighted by Gasteiger charge is -2.32. The van der Waals surface area contributed by atoms with Crippen LogP contribution in [0.5, 0.6) is 0 Å². The molecular weight excluding hydrogens is 352 g/mol. The van der Waals surface area contributed by atoms with E-state index in [0.717, 1.165) is 11.3 Å². The number of hydrogen-bond acceptors (Lipinski definition) is 5. The molecule has 4 rings (SSSR count). The quantitative estimate of drug-likeness (QED) is 0.815. The lowest BCUT2D eigenvalue weighted by molar-refractivity contribution is 0.0299. The maximum absolute atomic E-state index is 12.7. The highest BCUT2D eigenvalue weighted by Crippen LogP contribution is 2.26. The van der Waals surface area contributed by atoms with Crippen molar-refractivity contribution in [2.75, 3.05) is 39.4 Å². The number of hydrogen-bond donors (Lipinski definition) is 0. The zero-order valence-electron chi connectivity index (χ0n) is 16.5. The highest BCUT2D eigenvalue weighted by Gasteiger charge is 2.21. The molecule has 28 heavy (non-hydrogen) atoms. The number of ether oxygens (including phenoxy) is 1. The Labute approximate surface area is 166 Å². The maximum atomic E-state index is 12.7. The molecule has 6 nitrogen and oxygen atoms in total. The van der Waals surface area contributed by atoms with Gasteiger partial charge in [0.1, 0.15) is 5.69 Å². The van der Waals surface area contributed by atoms with Crippen molar-refractivity contribution in [1.29, 1.82) is 0 Å². The summed E-state index contributed by atoms with van der Waals surface area (Å²) in [5, 5.41) is 0. The predicted octanol–water partition coefficient (Wildman–Crippen LogP) is 3.16. The third-order valence-corrected chi connectivity index (χ3v) is 5.78. The Morgan fingerprint density at radius 1 is 1.00 bits per heavy atom. The van der Waals surface area contributed by atoms with Crippen molar-refractivity contribution >= 4 is 5.91 Å². The maximum Gasteiger partial charge on any atom is 0.274 e. The van der Waals surface area contributed by atoms with E-state index in [-0.39, 0.29) is 5.91 Å². The van der Waals surface area contributed by atoms with Crippen molar-refractivity contribution < 1.29 is 9.53 Å². The molecule has 0 radical (unpaired) electrons. The Morgan fingerprint density at radius 3 is 2.43 bits per heavy atom. The first kappa shape index (κ1) is 19.0. The molecule has 1 amide bonds. The zero-order chi connectivity index (χ0) is 19.3. The Hall–Kier alpha value is -2.31. The molecule has 1 atom stereocenters. The van der Waals surface area contributed by atoms with Crippen LogP contribution in [0.4, 0.5) is 0 Å². The molecule has 2 fully saturated rings. The number of benzene rings is 1. The molecule has 2 aliphatic rings. The fraction of sp³-hybridized carbons (Fsp3) is 0.500. The Morgan fingerprint density at radius 2 is 1.71 bits per heavy atom. The smallest absolute Gasteiger partial charge is 0.274 e. The average molecular weight is 380 g/mol. The molecule has 0 unspecified atom stereocenters. The summed E-state index contributed by atoms with van der Waals surface area (Å²) in [5.41, 5.74) is 3.43. The van der Waals surface area contributed by atoms with Crippen molar-refractivity contribution in [2.24, 2.45) is 0 Å². The van der Waals surface area contributed by atoms with Crippen LogP contribution in [0.2, 0.25) is 0 Å². The third kappa shape index (κ3) is 4.23. The standard InChI is InChI=1S/C22H28N4O2/c1-17(25-9-3-2-4-10-25)18-5-7-19(8-6-18)20-15-23-16-21(24-20)22(27)26-11-13-28-14-12-26/h5-8,15-17H,2-4,9-14H2,1H3/t17-/m1/s1. The highest BCUT2D eigenvalue weighted by molar-refractivity contribution is 5.92. The summed E-state index contributed by atoms with van der Waals surface area (Å²) in [6.07, 6.45) is 7.21. The lowest BCUT2D eigenvalue weighted by Crippen LogP contribution is -2.41. The van der Waals surface area contributed by atoms with Crippen LogP contribution >= 0.6 is 0 Å². The van der Waals surface area contributed by atoms with E-state index in [1.807, 2.05) is 0 Å². The largest absolute Gasteiger partial charge is 0.378 e. The summed E-state index contributed by atoms with van der Waals surface area (Å²) in [5.74, 6) is -0.0759. The molecule has 6 heteroatoms. The van der Waals surface area contributed by atoms with Gasteiger partial charge in [-0.25, -0.2) is 4.98 Å². The molecule has 2 aromatic rings. The summed E-state index contributed by atoms with van der Waals surface area (Å²) in [6.45, 7) is 7.01. The number of morpholine rings is 1. The first-order valence-corrected chi connectivity index (χ1v) is 10.3. The SMILES string of the molecule is C[C@H](c1ccc(-c2cncc(C(=O)N3CCOCC3)n2)cc1)N1CCCCC1. The Kier molecular flexibility index (Phi) is 5.98. The van der Waals surface area contributed by atoms with Gasteiger partial charge in [0.05, 0.1) is 31.3 Å². The number of rotatable bonds is 4. The van der Waals surface area contributed by atoms with Crippen LogP contribution in [0.15, 0.2) is 36.7 Å². The van der Waals surface area contributed by atoms with Crippen molar-refractivity contribution in [3.8, 4) is 11.3 Å². The van der Waals surface area contributed by atoms with Crippen LogP contribution in [0, 0.1) is 0 Å². The van der Waals surface area contributed by atoms with Crippen molar-refractivity contribution in [3.05, 3.63) is 47.9 Å². The van der Waals surface area contributed by atoms with Crippen LogP contribution in [0.3, 0.4) is 0 Å². The summed E-state index contributed by atoms with van der Waals surface area (Å²) < 4.78 is 5.32.